The van der Waals surface area contributed by atoms with Crippen molar-refractivity contribution in [2.24, 2.45) is 0 Å². The lowest BCUT2D eigenvalue weighted by Gasteiger charge is -2.08. The van der Waals surface area contributed by atoms with E-state index < -0.39 is 0 Å². The van der Waals surface area contributed by atoms with Gasteiger partial charge in [-0.1, -0.05) is 13.8 Å². The highest BCUT2D eigenvalue weighted by Gasteiger charge is 2.04. The minimum absolute atomic E-state index is 0.0694. The van der Waals surface area contributed by atoms with Gasteiger partial charge >= 0.3 is 0 Å². The molecule has 1 rings (SSSR count). The number of nitrogens with zero attached hydrogens (tertiary/aromatic N) is 1. The van der Waals surface area contributed by atoms with E-state index in [1.807, 2.05) is 18.8 Å². The summed E-state index contributed by atoms with van der Waals surface area (Å²) in [5.74, 6) is 1.53. The monoisotopic (exact) mass is 241 g/mol. The fourth-order valence-corrected chi connectivity index (χ4v) is 2.06. The zero-order valence-electron chi connectivity index (χ0n) is 10.0. The molecule has 1 unspecified atom stereocenters. The Hall–Kier alpha value is -0.810. The summed E-state index contributed by atoms with van der Waals surface area (Å²) in [6.07, 6.45) is 1.13. The van der Waals surface area contributed by atoms with Crippen LogP contribution in [-0.2, 0) is 12.3 Å². The van der Waals surface area contributed by atoms with Crippen LogP contribution in [-0.4, -0.2) is 22.3 Å². The molecule has 0 aliphatic heterocycles. The van der Waals surface area contributed by atoms with Gasteiger partial charge in [-0.05, 0) is 13.5 Å². The van der Waals surface area contributed by atoms with Gasteiger partial charge in [-0.25, -0.2) is 4.98 Å². The number of thioether (sulfide) groups is 1. The van der Waals surface area contributed by atoms with E-state index >= 15 is 0 Å². The van der Waals surface area contributed by atoms with E-state index in [0.29, 0.717) is 11.8 Å². The molecule has 0 saturated carbocycles. The third-order valence-corrected chi connectivity index (χ3v) is 3.62. The molecule has 1 atom stereocenters. The minimum Gasteiger partial charge on any atom is -0.314 e. The topological polar surface area (TPSA) is 57.8 Å². The smallest absolute Gasteiger partial charge is 0.251 e. The quantitative estimate of drug-likeness (QED) is 0.793. The van der Waals surface area contributed by atoms with Crippen LogP contribution in [0.4, 0.5) is 0 Å². The molecular formula is C11H19N3OS. The maximum atomic E-state index is 11.4. The van der Waals surface area contributed by atoms with Crippen LogP contribution in [0, 0.1) is 0 Å². The van der Waals surface area contributed by atoms with Crippen LogP contribution in [0.2, 0.25) is 0 Å². The van der Waals surface area contributed by atoms with Gasteiger partial charge in [-0.2, -0.15) is 11.8 Å². The Morgan fingerprint density at radius 3 is 3.00 bits per heavy atom. The third kappa shape index (κ3) is 4.37. The second-order valence-corrected chi connectivity index (χ2v) is 5.17. The number of aromatic nitrogens is 2. The van der Waals surface area contributed by atoms with Gasteiger partial charge in [0.2, 0.25) is 0 Å². The van der Waals surface area contributed by atoms with Crippen LogP contribution in [0.3, 0.4) is 0 Å². The first-order chi connectivity index (χ1) is 7.65. The lowest BCUT2D eigenvalue weighted by atomic mass is 10.4. The zero-order chi connectivity index (χ0) is 12.0. The number of H-pyrrole nitrogens is 1. The molecule has 0 spiro atoms. The lowest BCUT2D eigenvalue weighted by Crippen LogP contribution is -2.16. The SMILES string of the molecule is CCC(C)SCc1nc(CNC)cc(=O)[nH]1. The summed E-state index contributed by atoms with van der Waals surface area (Å²) in [6, 6.07) is 1.54. The first-order valence-electron chi connectivity index (χ1n) is 5.51. The number of aromatic amines is 1. The molecule has 2 N–H and O–H groups in total. The molecule has 1 aromatic heterocycles. The molecule has 1 heterocycles. The van der Waals surface area contributed by atoms with E-state index in [9.17, 15) is 4.79 Å². The van der Waals surface area contributed by atoms with Crippen LogP contribution >= 0.6 is 11.8 Å². The average molecular weight is 241 g/mol. The molecule has 0 aromatic carbocycles. The van der Waals surface area contributed by atoms with Crippen molar-refractivity contribution in [3.8, 4) is 0 Å². The normalized spacial score (nSPS) is 12.7. The van der Waals surface area contributed by atoms with Gasteiger partial charge in [-0.3, -0.25) is 4.79 Å². The molecule has 4 nitrogen and oxygen atoms in total. The second-order valence-electron chi connectivity index (χ2n) is 3.74. The van der Waals surface area contributed by atoms with Gasteiger partial charge in [0.05, 0.1) is 11.4 Å². The highest BCUT2D eigenvalue weighted by atomic mass is 32.2. The van der Waals surface area contributed by atoms with E-state index in [1.54, 1.807) is 0 Å². The molecule has 0 amide bonds. The Morgan fingerprint density at radius 1 is 1.62 bits per heavy atom. The van der Waals surface area contributed by atoms with Crippen LogP contribution in [0.5, 0.6) is 0 Å². The first kappa shape index (κ1) is 13.3. The summed E-state index contributed by atoms with van der Waals surface area (Å²) in [5, 5.41) is 3.59. The molecule has 0 saturated heterocycles. The van der Waals surface area contributed by atoms with Gasteiger partial charge in [0.15, 0.2) is 0 Å². The van der Waals surface area contributed by atoms with Crippen molar-refractivity contribution < 1.29 is 0 Å². The number of hydrogen-bond acceptors (Lipinski definition) is 4. The van der Waals surface area contributed by atoms with E-state index in [2.05, 4.69) is 29.1 Å². The second kappa shape index (κ2) is 6.70. The summed E-state index contributed by atoms with van der Waals surface area (Å²) in [7, 11) is 1.84. The number of hydrogen-bond donors (Lipinski definition) is 2. The highest BCUT2D eigenvalue weighted by Crippen LogP contribution is 2.17. The largest absolute Gasteiger partial charge is 0.314 e. The molecule has 90 valence electrons. The molecule has 0 radical (unpaired) electrons. The van der Waals surface area contributed by atoms with E-state index in [1.165, 1.54) is 6.07 Å². The number of nitrogens with one attached hydrogen (secondary N) is 2. The summed E-state index contributed by atoms with van der Waals surface area (Å²) >= 11 is 1.81. The van der Waals surface area contributed by atoms with Gasteiger partial charge in [0.1, 0.15) is 5.82 Å². The molecule has 5 heteroatoms. The zero-order valence-corrected chi connectivity index (χ0v) is 10.9. The van der Waals surface area contributed by atoms with Crippen molar-refractivity contribution in [2.45, 2.75) is 37.8 Å². The van der Waals surface area contributed by atoms with Gasteiger partial charge < -0.3 is 10.3 Å². The Balaban J connectivity index is 2.68. The molecule has 0 fully saturated rings. The lowest BCUT2D eigenvalue weighted by molar-refractivity contribution is 0.772. The standard InChI is InChI=1S/C11H19N3OS/c1-4-8(2)16-7-10-13-9(6-12-3)5-11(15)14-10/h5,8,12H,4,6-7H2,1-3H3,(H,13,14,15). The molecule has 16 heavy (non-hydrogen) atoms. The van der Waals surface area contributed by atoms with Crippen molar-refractivity contribution in [2.75, 3.05) is 7.05 Å². The molecule has 0 bridgehead atoms. The van der Waals surface area contributed by atoms with Crippen molar-refractivity contribution in [1.29, 1.82) is 0 Å². The fraction of sp³-hybridized carbons (Fsp3) is 0.636. The summed E-state index contributed by atoms with van der Waals surface area (Å²) in [5.41, 5.74) is 0.728. The van der Waals surface area contributed by atoms with Crippen LogP contribution in [0.25, 0.3) is 0 Å². The van der Waals surface area contributed by atoms with Crippen molar-refractivity contribution >= 4 is 11.8 Å². The number of rotatable bonds is 6. The first-order valence-corrected chi connectivity index (χ1v) is 6.56. The predicted molar refractivity (Wildman–Crippen MR) is 68.7 cm³/mol. The molecule has 1 aromatic rings. The van der Waals surface area contributed by atoms with Gasteiger partial charge in [-0.15, -0.1) is 0 Å². The van der Waals surface area contributed by atoms with Crippen LogP contribution in [0.1, 0.15) is 31.8 Å². The molecule has 0 aliphatic carbocycles. The molecule has 0 aliphatic rings. The third-order valence-electron chi connectivity index (χ3n) is 2.28. The predicted octanol–water partition coefficient (Wildman–Crippen LogP) is 1.52. The van der Waals surface area contributed by atoms with E-state index in [-0.39, 0.29) is 5.56 Å². The maximum Gasteiger partial charge on any atom is 0.251 e. The van der Waals surface area contributed by atoms with E-state index in [0.717, 1.165) is 23.7 Å². The van der Waals surface area contributed by atoms with Crippen LogP contribution < -0.4 is 10.9 Å². The molecular weight excluding hydrogens is 222 g/mol. The average Bonchev–Trinajstić information content (AvgIpc) is 2.25. The van der Waals surface area contributed by atoms with Crippen LogP contribution in [0.15, 0.2) is 10.9 Å². The van der Waals surface area contributed by atoms with Crippen molar-refractivity contribution in [3.63, 3.8) is 0 Å². The Kier molecular flexibility index (Phi) is 5.55. The van der Waals surface area contributed by atoms with Crippen molar-refractivity contribution in [3.05, 3.63) is 27.9 Å². The summed E-state index contributed by atoms with van der Waals surface area (Å²) in [4.78, 5) is 18.5. The van der Waals surface area contributed by atoms with E-state index in [4.69, 9.17) is 0 Å². The Bertz CT molecular complexity index is 378. The highest BCUT2D eigenvalue weighted by molar-refractivity contribution is 7.99. The Labute approximate surface area is 100 Å². The van der Waals surface area contributed by atoms with Gasteiger partial charge in [0, 0.05) is 17.9 Å². The summed E-state index contributed by atoms with van der Waals surface area (Å²) < 4.78 is 0. The van der Waals surface area contributed by atoms with Gasteiger partial charge in [0.25, 0.3) is 5.56 Å². The Morgan fingerprint density at radius 2 is 2.38 bits per heavy atom. The maximum absolute atomic E-state index is 11.4. The minimum atomic E-state index is -0.0694. The summed E-state index contributed by atoms with van der Waals surface area (Å²) in [6.45, 7) is 4.97. The van der Waals surface area contributed by atoms with Crippen molar-refractivity contribution in [1.82, 2.24) is 15.3 Å². The fourth-order valence-electron chi connectivity index (χ4n) is 1.24.